The Hall–Kier alpha value is -1.89. The molecule has 1 unspecified atom stereocenters. The van der Waals surface area contributed by atoms with Crippen LogP contribution in [-0.4, -0.2) is 44.1 Å². The van der Waals surface area contributed by atoms with Crippen molar-refractivity contribution in [3.05, 3.63) is 47.2 Å². The largest absolute Gasteiger partial charge is 0.384 e. The van der Waals surface area contributed by atoms with Gasteiger partial charge in [-0.1, -0.05) is 12.1 Å². The summed E-state index contributed by atoms with van der Waals surface area (Å²) in [7, 11) is 1.75. The molecule has 0 saturated carbocycles. The van der Waals surface area contributed by atoms with Crippen molar-refractivity contribution in [2.75, 3.05) is 33.4 Å². The molecule has 0 aromatic heterocycles. The number of fused-ring (bicyclic) bond motifs is 1. The fraction of sp³-hybridized carbons (Fsp3) is 0.471. The van der Waals surface area contributed by atoms with Crippen molar-refractivity contribution >= 4 is 5.84 Å². The average molecular weight is 315 g/mol. The first kappa shape index (κ1) is 16.0. The summed E-state index contributed by atoms with van der Waals surface area (Å²) in [5.41, 5.74) is 15.9. The molecule has 6 heteroatoms. The van der Waals surface area contributed by atoms with Crippen molar-refractivity contribution in [1.29, 1.82) is 0 Å². The minimum Gasteiger partial charge on any atom is -0.384 e. The van der Waals surface area contributed by atoms with Crippen molar-refractivity contribution in [2.24, 2.45) is 16.5 Å². The number of nitrogens with zero attached hydrogens (tertiary/aromatic N) is 2. The Morgan fingerprint density at radius 2 is 2.09 bits per heavy atom. The zero-order valence-corrected chi connectivity index (χ0v) is 13.6. The highest BCUT2D eigenvalue weighted by atomic mass is 16.5. The lowest BCUT2D eigenvalue weighted by atomic mass is 9.97. The van der Waals surface area contributed by atoms with Gasteiger partial charge >= 0.3 is 0 Å². The Kier molecular flexibility index (Phi) is 4.66. The molecule has 0 aliphatic carbocycles. The lowest BCUT2D eigenvalue weighted by molar-refractivity contribution is 0.150. The fourth-order valence-electron chi connectivity index (χ4n) is 3.13. The van der Waals surface area contributed by atoms with Gasteiger partial charge in [-0.3, -0.25) is 5.73 Å². The maximum absolute atomic E-state index is 6.38. The van der Waals surface area contributed by atoms with Crippen molar-refractivity contribution in [3.8, 4) is 0 Å². The van der Waals surface area contributed by atoms with Crippen LogP contribution in [0.1, 0.15) is 16.7 Å². The topological polar surface area (TPSA) is 88.9 Å². The maximum atomic E-state index is 6.38. The monoisotopic (exact) mass is 315 g/mol. The lowest BCUT2D eigenvalue weighted by Crippen LogP contribution is -2.49. The minimum absolute atomic E-state index is 0.437. The van der Waals surface area contributed by atoms with Crippen LogP contribution in [0, 0.1) is 0 Å². The quantitative estimate of drug-likeness (QED) is 0.742. The van der Waals surface area contributed by atoms with Gasteiger partial charge < -0.3 is 20.7 Å². The minimum atomic E-state index is -0.976. The molecular formula is C17H25N5O. The highest BCUT2D eigenvalue weighted by Gasteiger charge is 2.28. The standard InChI is InChI=1S/C17H25N5O/c1-23-11-10-22-8-5-13-2-3-15(12-14(13)6-9-22)17(19)20-7-4-16(18)21-17/h2-4,7,12,20H,5-6,8-11,19H2,1H3,(H2,18,21). The predicted molar refractivity (Wildman–Crippen MR) is 91.9 cm³/mol. The van der Waals surface area contributed by atoms with Gasteiger partial charge in [-0.05, 0) is 36.1 Å². The van der Waals surface area contributed by atoms with Crippen LogP contribution in [0.15, 0.2) is 35.5 Å². The second kappa shape index (κ2) is 6.70. The number of nitrogens with two attached hydrogens (primary N) is 2. The van der Waals surface area contributed by atoms with Gasteiger partial charge in [0.05, 0.1) is 6.61 Å². The molecule has 2 aliphatic heterocycles. The number of nitrogens with one attached hydrogen (secondary N) is 1. The van der Waals surface area contributed by atoms with E-state index in [1.807, 2.05) is 6.07 Å². The molecular weight excluding hydrogens is 290 g/mol. The Morgan fingerprint density at radius 3 is 2.83 bits per heavy atom. The number of benzene rings is 1. The van der Waals surface area contributed by atoms with Crippen molar-refractivity contribution in [3.63, 3.8) is 0 Å². The smallest absolute Gasteiger partial charge is 0.211 e. The summed E-state index contributed by atoms with van der Waals surface area (Å²) in [6, 6.07) is 6.38. The van der Waals surface area contributed by atoms with Crippen molar-refractivity contribution < 1.29 is 4.74 Å². The van der Waals surface area contributed by atoms with Gasteiger partial charge in [-0.15, -0.1) is 0 Å². The van der Waals surface area contributed by atoms with Crippen LogP contribution in [0.4, 0.5) is 0 Å². The molecule has 0 amide bonds. The first-order valence-electron chi connectivity index (χ1n) is 8.03. The number of ether oxygens (including phenoxy) is 1. The Morgan fingerprint density at radius 1 is 1.30 bits per heavy atom. The van der Waals surface area contributed by atoms with E-state index in [4.69, 9.17) is 16.2 Å². The Bertz CT molecular complexity index is 627. The van der Waals surface area contributed by atoms with E-state index in [1.54, 1.807) is 19.4 Å². The molecule has 3 rings (SSSR count). The molecule has 0 bridgehead atoms. The van der Waals surface area contributed by atoms with Gasteiger partial charge in [-0.2, -0.15) is 0 Å². The van der Waals surface area contributed by atoms with E-state index in [1.165, 1.54) is 11.1 Å². The summed E-state index contributed by atoms with van der Waals surface area (Å²) >= 11 is 0. The third-order valence-corrected chi connectivity index (χ3v) is 4.52. The van der Waals surface area contributed by atoms with Crippen LogP contribution >= 0.6 is 0 Å². The van der Waals surface area contributed by atoms with Gasteiger partial charge in [0.15, 0.2) is 0 Å². The molecule has 0 spiro atoms. The van der Waals surface area contributed by atoms with E-state index in [0.717, 1.165) is 44.6 Å². The zero-order valence-electron chi connectivity index (χ0n) is 13.6. The molecule has 1 aromatic carbocycles. The predicted octanol–water partition coefficient (Wildman–Crippen LogP) is 0.277. The summed E-state index contributed by atoms with van der Waals surface area (Å²) in [6.45, 7) is 3.86. The van der Waals surface area contributed by atoms with Crippen molar-refractivity contribution in [2.45, 2.75) is 18.6 Å². The summed E-state index contributed by atoms with van der Waals surface area (Å²) in [6.07, 6.45) is 5.52. The second-order valence-corrected chi connectivity index (χ2v) is 6.10. The van der Waals surface area contributed by atoms with Crippen LogP contribution in [0.2, 0.25) is 0 Å². The highest BCUT2D eigenvalue weighted by molar-refractivity contribution is 5.92. The molecule has 0 radical (unpaired) electrons. The third-order valence-electron chi connectivity index (χ3n) is 4.52. The van der Waals surface area contributed by atoms with Gasteiger partial charge in [-0.25, -0.2) is 4.99 Å². The average Bonchev–Trinajstić information content (AvgIpc) is 2.74. The normalized spacial score (nSPS) is 24.5. The van der Waals surface area contributed by atoms with Crippen LogP contribution < -0.4 is 16.8 Å². The van der Waals surface area contributed by atoms with E-state index in [2.05, 4.69) is 27.3 Å². The molecule has 2 heterocycles. The van der Waals surface area contributed by atoms with Gasteiger partial charge in [0.25, 0.3) is 0 Å². The van der Waals surface area contributed by atoms with E-state index in [-0.39, 0.29) is 0 Å². The van der Waals surface area contributed by atoms with E-state index < -0.39 is 5.79 Å². The molecule has 5 N–H and O–H groups in total. The number of methoxy groups -OCH3 is 1. The Balaban J connectivity index is 1.79. The highest BCUT2D eigenvalue weighted by Crippen LogP contribution is 2.24. The number of hydrogen-bond acceptors (Lipinski definition) is 6. The summed E-state index contributed by atoms with van der Waals surface area (Å²) < 4.78 is 5.18. The maximum Gasteiger partial charge on any atom is 0.211 e. The summed E-state index contributed by atoms with van der Waals surface area (Å²) in [5.74, 6) is -0.539. The molecule has 1 atom stereocenters. The van der Waals surface area contributed by atoms with E-state index in [0.29, 0.717) is 5.84 Å². The summed E-state index contributed by atoms with van der Waals surface area (Å²) in [4.78, 5) is 6.80. The third kappa shape index (κ3) is 3.55. The number of amidine groups is 1. The fourth-order valence-corrected chi connectivity index (χ4v) is 3.13. The molecule has 0 saturated heterocycles. The van der Waals surface area contributed by atoms with Crippen LogP contribution in [0.3, 0.4) is 0 Å². The van der Waals surface area contributed by atoms with Crippen LogP contribution in [0.25, 0.3) is 0 Å². The molecule has 2 aliphatic rings. The first-order valence-corrected chi connectivity index (χ1v) is 8.03. The number of rotatable bonds is 4. The SMILES string of the molecule is COCCN1CCc2ccc(C3(N)N=C(N)C=CN3)cc2CC1. The first-order chi connectivity index (χ1) is 11.1. The van der Waals surface area contributed by atoms with Gasteiger partial charge in [0.2, 0.25) is 5.79 Å². The molecule has 0 fully saturated rings. The molecule has 23 heavy (non-hydrogen) atoms. The summed E-state index contributed by atoms with van der Waals surface area (Å²) in [5, 5.41) is 3.10. The van der Waals surface area contributed by atoms with E-state index >= 15 is 0 Å². The molecule has 1 aromatic rings. The number of hydrogen-bond donors (Lipinski definition) is 3. The molecule has 124 valence electrons. The Labute approximate surface area is 137 Å². The van der Waals surface area contributed by atoms with Gasteiger partial charge in [0, 0.05) is 38.5 Å². The van der Waals surface area contributed by atoms with Crippen LogP contribution in [0.5, 0.6) is 0 Å². The van der Waals surface area contributed by atoms with Gasteiger partial charge in [0.1, 0.15) is 5.84 Å². The number of aliphatic imine (C=N–C) groups is 1. The van der Waals surface area contributed by atoms with Crippen molar-refractivity contribution in [1.82, 2.24) is 10.2 Å². The second-order valence-electron chi connectivity index (χ2n) is 6.10. The molecule has 6 nitrogen and oxygen atoms in total. The van der Waals surface area contributed by atoms with Crippen LogP contribution in [-0.2, 0) is 23.4 Å². The zero-order chi connectivity index (χ0) is 16.3. The van der Waals surface area contributed by atoms with E-state index in [9.17, 15) is 0 Å². The lowest BCUT2D eigenvalue weighted by Gasteiger charge is -2.29.